The summed E-state index contributed by atoms with van der Waals surface area (Å²) in [6.07, 6.45) is 3.37. The van der Waals surface area contributed by atoms with E-state index in [4.69, 9.17) is 5.26 Å². The Bertz CT molecular complexity index is 210. The lowest BCUT2D eigenvalue weighted by atomic mass is 9.98. The second kappa shape index (κ2) is 8.90. The van der Waals surface area contributed by atoms with E-state index in [-0.39, 0.29) is 5.54 Å². The van der Waals surface area contributed by atoms with Crippen LogP contribution in [-0.4, -0.2) is 23.6 Å². The lowest BCUT2D eigenvalue weighted by Gasteiger charge is -2.22. The highest BCUT2D eigenvalue weighted by molar-refractivity contribution is 7.99. The first kappa shape index (κ1) is 15.8. The van der Waals surface area contributed by atoms with Gasteiger partial charge in [-0.2, -0.15) is 17.0 Å². The van der Waals surface area contributed by atoms with Crippen LogP contribution < -0.4 is 5.32 Å². The molecule has 1 unspecified atom stereocenters. The fourth-order valence-electron chi connectivity index (χ4n) is 1.52. The van der Waals surface area contributed by atoms with Crippen LogP contribution in [0.15, 0.2) is 0 Å². The SMILES string of the molecule is CCNC(C)(C#N)CCCSCCC(C)C. The first-order valence-corrected chi connectivity index (χ1v) is 7.43. The van der Waals surface area contributed by atoms with Gasteiger partial charge >= 0.3 is 0 Å². The van der Waals surface area contributed by atoms with Gasteiger partial charge in [-0.05, 0) is 50.2 Å². The van der Waals surface area contributed by atoms with Crippen LogP contribution >= 0.6 is 11.8 Å². The largest absolute Gasteiger partial charge is 0.300 e. The number of hydrogen-bond acceptors (Lipinski definition) is 3. The third kappa shape index (κ3) is 8.01. The van der Waals surface area contributed by atoms with E-state index < -0.39 is 0 Å². The third-order valence-corrected chi connectivity index (χ3v) is 3.72. The Labute approximate surface area is 105 Å². The van der Waals surface area contributed by atoms with E-state index in [1.54, 1.807) is 0 Å². The maximum atomic E-state index is 9.07. The molecule has 1 N–H and O–H groups in total. The summed E-state index contributed by atoms with van der Waals surface area (Å²) < 4.78 is 0. The predicted octanol–water partition coefficient (Wildman–Crippen LogP) is 3.44. The van der Waals surface area contributed by atoms with Gasteiger partial charge in [-0.3, -0.25) is 5.32 Å². The van der Waals surface area contributed by atoms with Gasteiger partial charge in [0, 0.05) is 0 Å². The van der Waals surface area contributed by atoms with Crippen molar-refractivity contribution in [1.29, 1.82) is 5.26 Å². The second-order valence-corrected chi connectivity index (χ2v) is 6.10. The zero-order valence-corrected chi connectivity index (χ0v) is 12.0. The average Bonchev–Trinajstić information content (AvgIpc) is 2.23. The van der Waals surface area contributed by atoms with E-state index in [0.29, 0.717) is 0 Å². The van der Waals surface area contributed by atoms with Gasteiger partial charge in [0.15, 0.2) is 0 Å². The molecule has 0 aromatic carbocycles. The lowest BCUT2D eigenvalue weighted by Crippen LogP contribution is -2.40. The second-order valence-electron chi connectivity index (χ2n) is 4.87. The lowest BCUT2D eigenvalue weighted by molar-refractivity contribution is 0.426. The third-order valence-electron chi connectivity index (χ3n) is 2.62. The first-order chi connectivity index (χ1) is 7.54. The molecule has 0 aliphatic carbocycles. The number of rotatable bonds is 9. The topological polar surface area (TPSA) is 35.8 Å². The van der Waals surface area contributed by atoms with Crippen LogP contribution in [0.1, 0.15) is 47.0 Å². The highest BCUT2D eigenvalue weighted by Crippen LogP contribution is 2.15. The van der Waals surface area contributed by atoms with Gasteiger partial charge in [-0.25, -0.2) is 0 Å². The molecule has 0 spiro atoms. The summed E-state index contributed by atoms with van der Waals surface area (Å²) in [5.74, 6) is 3.23. The molecule has 1 atom stereocenters. The smallest absolute Gasteiger partial charge is 0.103 e. The quantitative estimate of drug-likeness (QED) is 0.629. The van der Waals surface area contributed by atoms with Crippen LogP contribution in [0.3, 0.4) is 0 Å². The highest BCUT2D eigenvalue weighted by Gasteiger charge is 2.20. The van der Waals surface area contributed by atoms with Crippen LogP contribution in [0.25, 0.3) is 0 Å². The Hall–Kier alpha value is -0.200. The summed E-state index contributed by atoms with van der Waals surface area (Å²) in [6, 6.07) is 2.37. The van der Waals surface area contributed by atoms with Crippen molar-refractivity contribution in [3.05, 3.63) is 0 Å². The summed E-state index contributed by atoms with van der Waals surface area (Å²) >= 11 is 2.01. The summed E-state index contributed by atoms with van der Waals surface area (Å²) in [7, 11) is 0. The average molecular weight is 242 g/mol. The predicted molar refractivity (Wildman–Crippen MR) is 73.7 cm³/mol. The Balaban J connectivity index is 3.53. The van der Waals surface area contributed by atoms with Gasteiger partial charge in [0.25, 0.3) is 0 Å². The molecule has 94 valence electrons. The maximum Gasteiger partial charge on any atom is 0.103 e. The molecule has 0 aliphatic rings. The summed E-state index contributed by atoms with van der Waals surface area (Å²) in [4.78, 5) is 0. The molecule has 0 aromatic rings. The van der Waals surface area contributed by atoms with E-state index in [9.17, 15) is 0 Å². The molecule has 0 heterocycles. The molecule has 0 fully saturated rings. The molecule has 0 aliphatic heterocycles. The number of thioether (sulfide) groups is 1. The zero-order valence-electron chi connectivity index (χ0n) is 11.2. The monoisotopic (exact) mass is 242 g/mol. The number of hydrogen-bond donors (Lipinski definition) is 1. The van der Waals surface area contributed by atoms with Crippen molar-refractivity contribution in [2.24, 2.45) is 5.92 Å². The van der Waals surface area contributed by atoms with Crippen LogP contribution in [0.4, 0.5) is 0 Å². The summed E-state index contributed by atoms with van der Waals surface area (Å²) in [5.41, 5.74) is -0.326. The first-order valence-electron chi connectivity index (χ1n) is 6.28. The molecular formula is C13H26N2S. The number of nitrogens with zero attached hydrogens (tertiary/aromatic N) is 1. The molecule has 2 nitrogen and oxygen atoms in total. The summed E-state index contributed by atoms with van der Waals surface area (Å²) in [5, 5.41) is 12.3. The molecule has 0 saturated heterocycles. The van der Waals surface area contributed by atoms with Crippen molar-refractivity contribution in [1.82, 2.24) is 5.32 Å². The van der Waals surface area contributed by atoms with Crippen molar-refractivity contribution in [3.8, 4) is 6.07 Å². The Kier molecular flexibility index (Phi) is 8.78. The molecule has 0 aromatic heterocycles. The Morgan fingerprint density at radius 3 is 2.56 bits per heavy atom. The minimum Gasteiger partial charge on any atom is -0.300 e. The minimum atomic E-state index is -0.326. The van der Waals surface area contributed by atoms with E-state index in [1.165, 1.54) is 17.9 Å². The van der Waals surface area contributed by atoms with Crippen molar-refractivity contribution < 1.29 is 0 Å². The van der Waals surface area contributed by atoms with E-state index in [2.05, 4.69) is 25.2 Å². The molecule has 0 radical (unpaired) electrons. The molecule has 0 bridgehead atoms. The van der Waals surface area contributed by atoms with E-state index >= 15 is 0 Å². The fourth-order valence-corrected chi connectivity index (χ4v) is 2.71. The van der Waals surface area contributed by atoms with Gasteiger partial charge in [0.1, 0.15) is 5.54 Å². The molecule has 0 rings (SSSR count). The summed E-state index contributed by atoms with van der Waals surface area (Å²) in [6.45, 7) is 9.43. The van der Waals surface area contributed by atoms with Gasteiger partial charge in [-0.15, -0.1) is 0 Å². The molecule has 0 amide bonds. The molecule has 0 saturated carbocycles. The molecular weight excluding hydrogens is 216 g/mol. The van der Waals surface area contributed by atoms with Gasteiger partial charge in [-0.1, -0.05) is 20.8 Å². The highest BCUT2D eigenvalue weighted by atomic mass is 32.2. The van der Waals surface area contributed by atoms with Gasteiger partial charge in [0.2, 0.25) is 0 Å². The number of nitrogens with one attached hydrogen (secondary N) is 1. The molecule has 3 heteroatoms. The van der Waals surface area contributed by atoms with Gasteiger partial charge < -0.3 is 0 Å². The van der Waals surface area contributed by atoms with Crippen molar-refractivity contribution >= 4 is 11.8 Å². The maximum absolute atomic E-state index is 9.07. The van der Waals surface area contributed by atoms with Crippen LogP contribution in [0.2, 0.25) is 0 Å². The Morgan fingerprint density at radius 2 is 2.06 bits per heavy atom. The Morgan fingerprint density at radius 1 is 1.38 bits per heavy atom. The van der Waals surface area contributed by atoms with Crippen molar-refractivity contribution in [2.45, 2.75) is 52.5 Å². The fraction of sp³-hybridized carbons (Fsp3) is 0.923. The van der Waals surface area contributed by atoms with Gasteiger partial charge in [0.05, 0.1) is 6.07 Å². The van der Waals surface area contributed by atoms with E-state index in [0.717, 1.165) is 25.3 Å². The van der Waals surface area contributed by atoms with E-state index in [1.807, 2.05) is 25.6 Å². The van der Waals surface area contributed by atoms with Crippen LogP contribution in [-0.2, 0) is 0 Å². The van der Waals surface area contributed by atoms with Crippen LogP contribution in [0.5, 0.6) is 0 Å². The van der Waals surface area contributed by atoms with Crippen molar-refractivity contribution in [2.75, 3.05) is 18.1 Å². The van der Waals surface area contributed by atoms with Crippen molar-refractivity contribution in [3.63, 3.8) is 0 Å². The zero-order chi connectivity index (χ0) is 12.4. The minimum absolute atomic E-state index is 0.326. The standard InChI is InChI=1S/C13H26N2S/c1-5-15-13(4,11-14)8-6-9-16-10-7-12(2)3/h12,15H,5-10H2,1-4H3. The number of nitriles is 1. The normalized spacial score (nSPS) is 14.8. The molecule has 16 heavy (non-hydrogen) atoms. The van der Waals surface area contributed by atoms with Crippen LogP contribution in [0, 0.1) is 17.2 Å².